The van der Waals surface area contributed by atoms with Crippen molar-refractivity contribution in [1.29, 1.82) is 0 Å². The Balaban J connectivity index is 1.15. The van der Waals surface area contributed by atoms with Gasteiger partial charge in [0.2, 0.25) is 5.95 Å². The molecule has 29 heavy (non-hydrogen) atoms. The van der Waals surface area contributed by atoms with Crippen molar-refractivity contribution in [2.75, 3.05) is 31.2 Å². The van der Waals surface area contributed by atoms with Crippen LogP contribution in [-0.4, -0.2) is 41.4 Å². The quantitative estimate of drug-likeness (QED) is 0.702. The van der Waals surface area contributed by atoms with Gasteiger partial charge in [-0.1, -0.05) is 31.2 Å². The van der Waals surface area contributed by atoms with Gasteiger partial charge in [-0.3, -0.25) is 0 Å². The van der Waals surface area contributed by atoms with Crippen LogP contribution in [0.15, 0.2) is 36.7 Å². The van der Waals surface area contributed by atoms with Gasteiger partial charge in [0, 0.05) is 32.1 Å². The number of rotatable bonds is 9. The predicted molar refractivity (Wildman–Crippen MR) is 115 cm³/mol. The van der Waals surface area contributed by atoms with E-state index in [-0.39, 0.29) is 6.61 Å². The van der Waals surface area contributed by atoms with Gasteiger partial charge in [0.15, 0.2) is 0 Å². The summed E-state index contributed by atoms with van der Waals surface area (Å²) in [7, 11) is 0. The van der Waals surface area contributed by atoms with Gasteiger partial charge in [0.1, 0.15) is 0 Å². The lowest BCUT2D eigenvalue weighted by molar-refractivity contribution is 0.104. The third-order valence-electron chi connectivity index (χ3n) is 6.53. The summed E-state index contributed by atoms with van der Waals surface area (Å²) in [6.07, 6.45) is 9.44. The molecule has 2 unspecified atom stereocenters. The van der Waals surface area contributed by atoms with Gasteiger partial charge in [-0.15, -0.1) is 0 Å². The Morgan fingerprint density at radius 1 is 1.03 bits per heavy atom. The highest BCUT2D eigenvalue weighted by Gasteiger charge is 2.43. The van der Waals surface area contributed by atoms with Crippen molar-refractivity contribution in [1.82, 2.24) is 9.97 Å². The maximum absolute atomic E-state index is 8.99. The van der Waals surface area contributed by atoms with Gasteiger partial charge in [0.05, 0.1) is 13.2 Å². The first-order valence-corrected chi connectivity index (χ1v) is 11.1. The van der Waals surface area contributed by atoms with Crippen molar-refractivity contribution < 1.29 is 9.84 Å². The van der Waals surface area contributed by atoms with Crippen LogP contribution >= 0.6 is 0 Å². The van der Waals surface area contributed by atoms with E-state index in [1.807, 2.05) is 12.4 Å². The highest BCUT2D eigenvalue weighted by molar-refractivity contribution is 5.30. The molecular formula is C24H33N3O2. The number of hydrogen-bond donors (Lipinski definition) is 1. The zero-order chi connectivity index (χ0) is 20.1. The summed E-state index contributed by atoms with van der Waals surface area (Å²) in [5, 5.41) is 8.99. The van der Waals surface area contributed by atoms with Gasteiger partial charge in [-0.25, -0.2) is 9.97 Å². The Morgan fingerprint density at radius 2 is 1.72 bits per heavy atom. The highest BCUT2D eigenvalue weighted by atomic mass is 16.5. The Labute approximate surface area is 174 Å². The zero-order valence-electron chi connectivity index (χ0n) is 17.5. The average Bonchev–Trinajstić information content (AvgIpc) is 3.55. The number of aliphatic hydroxyl groups is 1. The van der Waals surface area contributed by atoms with E-state index in [4.69, 9.17) is 9.84 Å². The Hall–Kier alpha value is -1.98. The van der Waals surface area contributed by atoms with Crippen LogP contribution in [0.4, 0.5) is 5.95 Å². The molecular weight excluding hydrogens is 362 g/mol. The van der Waals surface area contributed by atoms with Crippen LogP contribution < -0.4 is 4.90 Å². The van der Waals surface area contributed by atoms with Gasteiger partial charge >= 0.3 is 0 Å². The predicted octanol–water partition coefficient (Wildman–Crippen LogP) is 3.64. The molecule has 1 aliphatic heterocycles. The number of aromatic nitrogens is 2. The van der Waals surface area contributed by atoms with Crippen molar-refractivity contribution in [3.8, 4) is 0 Å². The fourth-order valence-electron chi connectivity index (χ4n) is 4.52. The van der Waals surface area contributed by atoms with Gasteiger partial charge in [-0.05, 0) is 66.5 Å². The standard InChI is InChI=1S/C24H33N3O2/c1-2-18-14-25-24(26-15-18)27-10-7-21(8-11-27)23-13-22(23)17-29-16-20-5-3-19(4-6-20)9-12-28/h3-6,14-15,21-23,28H,2,7-13,16-17H2,1H3. The van der Waals surface area contributed by atoms with E-state index >= 15 is 0 Å². The second-order valence-corrected chi connectivity index (χ2v) is 8.53. The minimum Gasteiger partial charge on any atom is -0.396 e. The third-order valence-corrected chi connectivity index (χ3v) is 6.53. The summed E-state index contributed by atoms with van der Waals surface area (Å²) in [5.41, 5.74) is 3.59. The van der Waals surface area contributed by atoms with E-state index in [0.717, 1.165) is 56.2 Å². The van der Waals surface area contributed by atoms with Crippen LogP contribution in [0.1, 0.15) is 42.9 Å². The lowest BCUT2D eigenvalue weighted by Crippen LogP contribution is -2.35. The number of ether oxygens (including phenoxy) is 1. The first-order chi connectivity index (χ1) is 14.3. The normalized spacial score (nSPS) is 22.1. The van der Waals surface area contributed by atoms with Crippen LogP contribution in [0.25, 0.3) is 0 Å². The fraction of sp³-hybridized carbons (Fsp3) is 0.583. The van der Waals surface area contributed by atoms with Gasteiger partial charge in [0.25, 0.3) is 0 Å². The number of hydrogen-bond acceptors (Lipinski definition) is 5. The van der Waals surface area contributed by atoms with Crippen LogP contribution in [0.3, 0.4) is 0 Å². The number of anilines is 1. The molecule has 2 heterocycles. The Morgan fingerprint density at radius 3 is 2.38 bits per heavy atom. The molecule has 0 amide bonds. The molecule has 156 valence electrons. The Kier molecular flexibility index (Phi) is 6.78. The second kappa shape index (κ2) is 9.68. The summed E-state index contributed by atoms with van der Waals surface area (Å²) in [6, 6.07) is 8.39. The van der Waals surface area contributed by atoms with Crippen LogP contribution in [-0.2, 0) is 24.2 Å². The Bertz CT molecular complexity index is 755. The molecule has 0 bridgehead atoms. The third kappa shape index (κ3) is 5.34. The van der Waals surface area contributed by atoms with Crippen molar-refractivity contribution in [3.63, 3.8) is 0 Å². The van der Waals surface area contributed by atoms with E-state index in [1.54, 1.807) is 0 Å². The maximum atomic E-state index is 8.99. The molecule has 1 aromatic heterocycles. The minimum atomic E-state index is 0.204. The first-order valence-electron chi connectivity index (χ1n) is 11.1. The van der Waals surface area contributed by atoms with E-state index in [0.29, 0.717) is 6.61 Å². The topological polar surface area (TPSA) is 58.5 Å². The molecule has 0 spiro atoms. The zero-order valence-corrected chi connectivity index (χ0v) is 17.5. The molecule has 2 aromatic rings. The van der Waals surface area contributed by atoms with E-state index in [9.17, 15) is 0 Å². The molecule has 2 aliphatic rings. The van der Waals surface area contributed by atoms with Crippen molar-refractivity contribution >= 4 is 5.95 Å². The fourth-order valence-corrected chi connectivity index (χ4v) is 4.52. The lowest BCUT2D eigenvalue weighted by Gasteiger charge is -2.32. The first kappa shape index (κ1) is 20.3. The summed E-state index contributed by atoms with van der Waals surface area (Å²) in [6.45, 7) is 6.04. The number of aryl methyl sites for hydroxylation is 1. The molecule has 2 atom stereocenters. The molecule has 1 aromatic carbocycles. The van der Waals surface area contributed by atoms with Crippen molar-refractivity contribution in [2.24, 2.45) is 17.8 Å². The van der Waals surface area contributed by atoms with Crippen LogP contribution in [0.5, 0.6) is 0 Å². The van der Waals surface area contributed by atoms with Gasteiger partial charge < -0.3 is 14.7 Å². The lowest BCUT2D eigenvalue weighted by atomic mass is 9.91. The second-order valence-electron chi connectivity index (χ2n) is 8.53. The number of piperidine rings is 1. The number of nitrogens with zero attached hydrogens (tertiary/aromatic N) is 3. The summed E-state index contributed by atoms with van der Waals surface area (Å²) in [5.74, 6) is 3.29. The SMILES string of the molecule is CCc1cnc(N2CCC(C3CC3COCc3ccc(CCO)cc3)CC2)nc1. The average molecular weight is 396 g/mol. The molecule has 5 heteroatoms. The van der Waals surface area contributed by atoms with E-state index < -0.39 is 0 Å². The highest BCUT2D eigenvalue weighted by Crippen LogP contribution is 2.48. The van der Waals surface area contributed by atoms with Gasteiger partial charge in [-0.2, -0.15) is 0 Å². The minimum absolute atomic E-state index is 0.204. The molecule has 5 nitrogen and oxygen atoms in total. The maximum Gasteiger partial charge on any atom is 0.225 e. The summed E-state index contributed by atoms with van der Waals surface area (Å²) in [4.78, 5) is 11.4. The number of aliphatic hydroxyl groups excluding tert-OH is 1. The smallest absolute Gasteiger partial charge is 0.225 e. The molecule has 1 saturated heterocycles. The van der Waals surface area contributed by atoms with Crippen molar-refractivity contribution in [2.45, 2.75) is 45.6 Å². The molecule has 1 N–H and O–H groups in total. The summed E-state index contributed by atoms with van der Waals surface area (Å²) < 4.78 is 6.00. The molecule has 1 aliphatic carbocycles. The molecule has 4 rings (SSSR count). The van der Waals surface area contributed by atoms with Crippen LogP contribution in [0, 0.1) is 17.8 Å². The molecule has 1 saturated carbocycles. The van der Waals surface area contributed by atoms with E-state index in [2.05, 4.69) is 46.1 Å². The monoisotopic (exact) mass is 395 g/mol. The van der Waals surface area contributed by atoms with E-state index in [1.165, 1.54) is 36.0 Å². The summed E-state index contributed by atoms with van der Waals surface area (Å²) >= 11 is 0. The number of benzene rings is 1. The molecule has 0 radical (unpaired) electrons. The van der Waals surface area contributed by atoms with Crippen LogP contribution in [0.2, 0.25) is 0 Å². The molecule has 2 fully saturated rings. The largest absolute Gasteiger partial charge is 0.396 e. The van der Waals surface area contributed by atoms with Crippen molar-refractivity contribution in [3.05, 3.63) is 53.3 Å².